The van der Waals surface area contributed by atoms with Crippen LogP contribution >= 0.6 is 12.4 Å². The Labute approximate surface area is 129 Å². The minimum atomic E-state index is -0.549. The van der Waals surface area contributed by atoms with Crippen molar-refractivity contribution < 1.29 is 13.9 Å². The molecule has 21 heavy (non-hydrogen) atoms. The second-order valence-electron chi connectivity index (χ2n) is 5.58. The summed E-state index contributed by atoms with van der Waals surface area (Å²) in [6.07, 6.45) is 2.06. The summed E-state index contributed by atoms with van der Waals surface area (Å²) >= 11 is 0. The van der Waals surface area contributed by atoms with Crippen LogP contribution in [0.3, 0.4) is 0 Å². The van der Waals surface area contributed by atoms with Gasteiger partial charge in [0.25, 0.3) is 0 Å². The van der Waals surface area contributed by atoms with Crippen LogP contribution in [0.5, 0.6) is 0 Å². The summed E-state index contributed by atoms with van der Waals surface area (Å²) in [4.78, 5) is 14.6. The van der Waals surface area contributed by atoms with E-state index in [1.54, 1.807) is 11.0 Å². The first kappa shape index (κ1) is 16.2. The van der Waals surface area contributed by atoms with Crippen LogP contribution in [0.15, 0.2) is 18.2 Å². The molecule has 1 aromatic rings. The molecule has 2 aliphatic rings. The summed E-state index contributed by atoms with van der Waals surface area (Å²) < 4.78 is 18.8. The molecule has 0 saturated carbocycles. The zero-order valence-corrected chi connectivity index (χ0v) is 12.6. The Kier molecular flexibility index (Phi) is 4.86. The first-order valence-corrected chi connectivity index (χ1v) is 7.04. The molecular formula is C15H20ClFN2O2. The van der Waals surface area contributed by atoms with Gasteiger partial charge in [-0.25, -0.2) is 4.39 Å². The molecule has 0 spiro atoms. The minimum absolute atomic E-state index is 0. The number of hydrogen-bond donors (Lipinski definition) is 1. The Morgan fingerprint density at radius 1 is 1.38 bits per heavy atom. The van der Waals surface area contributed by atoms with E-state index in [4.69, 9.17) is 10.5 Å². The largest absolute Gasteiger partial charge is 0.381 e. The van der Waals surface area contributed by atoms with Crippen molar-refractivity contribution in [2.24, 2.45) is 11.1 Å². The Bertz CT molecular complexity index is 532. The van der Waals surface area contributed by atoms with Crippen molar-refractivity contribution in [1.29, 1.82) is 0 Å². The van der Waals surface area contributed by atoms with Crippen molar-refractivity contribution in [1.82, 2.24) is 0 Å². The SMILES string of the molecule is Cl.NCC1(C(=O)N2CCc3ccc(F)cc32)CCOCC1. The van der Waals surface area contributed by atoms with Gasteiger partial charge >= 0.3 is 0 Å². The highest BCUT2D eigenvalue weighted by Crippen LogP contribution is 2.37. The van der Waals surface area contributed by atoms with Crippen LogP contribution in [0.2, 0.25) is 0 Å². The van der Waals surface area contributed by atoms with E-state index in [1.807, 2.05) is 0 Å². The molecule has 0 unspecified atom stereocenters. The van der Waals surface area contributed by atoms with Crippen LogP contribution in [0, 0.1) is 11.2 Å². The fourth-order valence-electron chi connectivity index (χ4n) is 3.12. The normalized spacial score (nSPS) is 19.8. The maximum absolute atomic E-state index is 13.4. The van der Waals surface area contributed by atoms with Crippen molar-refractivity contribution in [2.75, 3.05) is 31.2 Å². The molecule has 2 heterocycles. The fraction of sp³-hybridized carbons (Fsp3) is 0.533. The summed E-state index contributed by atoms with van der Waals surface area (Å²) in [6.45, 7) is 2.05. The van der Waals surface area contributed by atoms with Gasteiger partial charge < -0.3 is 15.4 Å². The molecule has 2 aliphatic heterocycles. The Balaban J connectivity index is 0.00000161. The van der Waals surface area contributed by atoms with Crippen LogP contribution in [-0.2, 0) is 16.0 Å². The minimum Gasteiger partial charge on any atom is -0.381 e. The summed E-state index contributed by atoms with van der Waals surface area (Å²) in [6, 6.07) is 4.65. The van der Waals surface area contributed by atoms with Gasteiger partial charge in [0.1, 0.15) is 5.82 Å². The maximum atomic E-state index is 13.4. The number of halogens is 2. The van der Waals surface area contributed by atoms with E-state index in [0.29, 0.717) is 44.8 Å². The Hall–Kier alpha value is -1.17. The second-order valence-corrected chi connectivity index (χ2v) is 5.58. The lowest BCUT2D eigenvalue weighted by Crippen LogP contribution is -2.50. The van der Waals surface area contributed by atoms with E-state index in [-0.39, 0.29) is 24.1 Å². The highest BCUT2D eigenvalue weighted by atomic mass is 35.5. The van der Waals surface area contributed by atoms with Gasteiger partial charge in [-0.3, -0.25) is 4.79 Å². The molecule has 4 nitrogen and oxygen atoms in total. The van der Waals surface area contributed by atoms with Gasteiger partial charge in [0.2, 0.25) is 5.91 Å². The Morgan fingerprint density at radius 3 is 2.76 bits per heavy atom. The van der Waals surface area contributed by atoms with E-state index < -0.39 is 5.41 Å². The van der Waals surface area contributed by atoms with E-state index in [0.717, 1.165) is 12.0 Å². The van der Waals surface area contributed by atoms with Crippen molar-refractivity contribution in [3.63, 3.8) is 0 Å². The third-order valence-corrected chi connectivity index (χ3v) is 4.48. The number of anilines is 1. The molecule has 0 bridgehead atoms. The summed E-state index contributed by atoms with van der Waals surface area (Å²) in [5, 5.41) is 0. The third-order valence-electron chi connectivity index (χ3n) is 4.48. The zero-order chi connectivity index (χ0) is 14.2. The quantitative estimate of drug-likeness (QED) is 0.907. The van der Waals surface area contributed by atoms with Crippen molar-refractivity contribution in [3.05, 3.63) is 29.6 Å². The van der Waals surface area contributed by atoms with E-state index in [2.05, 4.69) is 0 Å². The van der Waals surface area contributed by atoms with E-state index >= 15 is 0 Å². The molecule has 1 aromatic carbocycles. The molecule has 116 valence electrons. The molecular weight excluding hydrogens is 295 g/mol. The van der Waals surface area contributed by atoms with Crippen LogP contribution in [-0.4, -0.2) is 32.2 Å². The third kappa shape index (κ3) is 2.78. The second kappa shape index (κ2) is 6.30. The molecule has 1 fully saturated rings. The van der Waals surface area contributed by atoms with Gasteiger partial charge in [0.15, 0.2) is 0 Å². The van der Waals surface area contributed by atoms with Gasteiger partial charge in [0.05, 0.1) is 5.41 Å². The lowest BCUT2D eigenvalue weighted by atomic mass is 9.79. The summed E-state index contributed by atoms with van der Waals surface area (Å²) in [5.74, 6) is -0.287. The number of carbonyl (C=O) groups excluding carboxylic acids is 1. The Morgan fingerprint density at radius 2 is 2.10 bits per heavy atom. The average molecular weight is 315 g/mol. The summed E-state index contributed by atoms with van der Waals surface area (Å²) in [7, 11) is 0. The van der Waals surface area contributed by atoms with Gasteiger partial charge in [-0.2, -0.15) is 0 Å². The number of fused-ring (bicyclic) bond motifs is 1. The number of nitrogens with zero attached hydrogens (tertiary/aromatic N) is 1. The van der Waals surface area contributed by atoms with Gasteiger partial charge in [-0.05, 0) is 37.0 Å². The molecule has 0 atom stereocenters. The average Bonchev–Trinajstić information content (AvgIpc) is 2.90. The van der Waals surface area contributed by atoms with E-state index in [1.165, 1.54) is 12.1 Å². The molecule has 3 rings (SSSR count). The number of carbonyl (C=O) groups is 1. The lowest BCUT2D eigenvalue weighted by Gasteiger charge is -2.37. The molecule has 1 amide bonds. The number of ether oxygens (including phenoxy) is 1. The first-order valence-electron chi connectivity index (χ1n) is 7.04. The van der Waals surface area contributed by atoms with Crippen LogP contribution in [0.25, 0.3) is 0 Å². The maximum Gasteiger partial charge on any atom is 0.234 e. The highest BCUT2D eigenvalue weighted by molar-refractivity contribution is 5.99. The van der Waals surface area contributed by atoms with E-state index in [9.17, 15) is 9.18 Å². The molecule has 6 heteroatoms. The van der Waals surface area contributed by atoms with Gasteiger partial charge in [0, 0.05) is 32.0 Å². The molecule has 0 aliphatic carbocycles. The standard InChI is InChI=1S/C15H19FN2O2.ClH/c16-12-2-1-11-3-6-18(13(11)9-12)14(19)15(10-17)4-7-20-8-5-15;/h1-2,9H,3-8,10,17H2;1H. The lowest BCUT2D eigenvalue weighted by molar-refractivity contribution is -0.132. The van der Waals surface area contributed by atoms with Crippen LogP contribution in [0.1, 0.15) is 18.4 Å². The van der Waals surface area contributed by atoms with Crippen LogP contribution < -0.4 is 10.6 Å². The van der Waals surface area contributed by atoms with Crippen LogP contribution in [0.4, 0.5) is 10.1 Å². The number of hydrogen-bond acceptors (Lipinski definition) is 3. The predicted octanol–water partition coefficient (Wildman–Crippen LogP) is 1.89. The monoisotopic (exact) mass is 314 g/mol. The van der Waals surface area contributed by atoms with Crippen molar-refractivity contribution in [3.8, 4) is 0 Å². The first-order chi connectivity index (χ1) is 9.66. The number of rotatable bonds is 2. The molecule has 2 N–H and O–H groups in total. The molecule has 0 radical (unpaired) electrons. The smallest absolute Gasteiger partial charge is 0.234 e. The zero-order valence-electron chi connectivity index (χ0n) is 11.8. The number of benzene rings is 1. The molecule has 0 aromatic heterocycles. The van der Waals surface area contributed by atoms with Crippen molar-refractivity contribution >= 4 is 24.0 Å². The number of amides is 1. The van der Waals surface area contributed by atoms with Crippen molar-refractivity contribution in [2.45, 2.75) is 19.3 Å². The number of nitrogens with two attached hydrogens (primary N) is 1. The van der Waals surface area contributed by atoms with Gasteiger partial charge in [-0.15, -0.1) is 12.4 Å². The topological polar surface area (TPSA) is 55.6 Å². The fourth-order valence-corrected chi connectivity index (χ4v) is 3.12. The predicted molar refractivity (Wildman–Crippen MR) is 81.2 cm³/mol. The summed E-state index contributed by atoms with van der Waals surface area (Å²) in [5.41, 5.74) is 7.06. The van der Waals surface area contributed by atoms with Gasteiger partial charge in [-0.1, -0.05) is 6.07 Å². The highest BCUT2D eigenvalue weighted by Gasteiger charge is 2.43. The molecule has 1 saturated heterocycles.